The molecular weight excluding hydrogens is 298 g/mol. The molecule has 0 atom stereocenters. The fraction of sp³-hybridized carbons (Fsp3) is 0. The van der Waals surface area contributed by atoms with Crippen LogP contribution in [-0.4, -0.2) is 16.6 Å². The van der Waals surface area contributed by atoms with E-state index < -0.39 is 0 Å². The SMILES string of the molecule is C=Cc1ccncc1.O=C1c2ccccc2C(=O)c2ccccc21. The van der Waals surface area contributed by atoms with Crippen LogP contribution in [0.5, 0.6) is 0 Å². The molecule has 1 aliphatic rings. The predicted molar refractivity (Wildman–Crippen MR) is 94.1 cm³/mol. The maximum absolute atomic E-state index is 12.1. The van der Waals surface area contributed by atoms with Crippen molar-refractivity contribution < 1.29 is 9.59 Å². The minimum absolute atomic E-state index is 0.0641. The molecule has 3 nitrogen and oxygen atoms in total. The van der Waals surface area contributed by atoms with Crippen molar-refractivity contribution in [2.75, 3.05) is 0 Å². The third-order valence-electron chi connectivity index (χ3n) is 3.77. The number of nitrogens with zero attached hydrogens (tertiary/aromatic N) is 1. The Morgan fingerprint density at radius 3 is 1.33 bits per heavy atom. The first-order valence-electron chi connectivity index (χ1n) is 7.52. The van der Waals surface area contributed by atoms with Crippen LogP contribution in [0.15, 0.2) is 79.6 Å². The van der Waals surface area contributed by atoms with E-state index >= 15 is 0 Å². The molecule has 0 bridgehead atoms. The second-order valence-electron chi connectivity index (χ2n) is 5.23. The van der Waals surface area contributed by atoms with E-state index in [1.807, 2.05) is 12.1 Å². The van der Waals surface area contributed by atoms with E-state index in [1.54, 1.807) is 67.0 Å². The molecule has 3 heteroatoms. The Balaban J connectivity index is 0.000000179. The van der Waals surface area contributed by atoms with Crippen LogP contribution in [0.4, 0.5) is 0 Å². The molecular formula is C21H15NO2. The lowest BCUT2D eigenvalue weighted by Gasteiger charge is -2.16. The maximum Gasteiger partial charge on any atom is 0.194 e. The van der Waals surface area contributed by atoms with Crippen molar-refractivity contribution in [3.63, 3.8) is 0 Å². The summed E-state index contributed by atoms with van der Waals surface area (Å²) in [5, 5.41) is 0. The molecule has 1 aliphatic carbocycles. The van der Waals surface area contributed by atoms with Gasteiger partial charge in [-0.15, -0.1) is 0 Å². The van der Waals surface area contributed by atoms with Gasteiger partial charge in [0.1, 0.15) is 0 Å². The first kappa shape index (κ1) is 15.6. The van der Waals surface area contributed by atoms with Gasteiger partial charge in [-0.2, -0.15) is 0 Å². The summed E-state index contributed by atoms with van der Waals surface area (Å²) in [4.78, 5) is 28.0. The van der Waals surface area contributed by atoms with Crippen molar-refractivity contribution in [3.8, 4) is 0 Å². The quantitative estimate of drug-likeness (QED) is 0.529. The minimum Gasteiger partial charge on any atom is -0.289 e. The van der Waals surface area contributed by atoms with E-state index in [0.29, 0.717) is 22.3 Å². The van der Waals surface area contributed by atoms with E-state index in [0.717, 1.165) is 5.56 Å². The molecule has 2 aromatic carbocycles. The van der Waals surface area contributed by atoms with Crippen molar-refractivity contribution >= 4 is 17.6 Å². The summed E-state index contributed by atoms with van der Waals surface area (Å²) in [7, 11) is 0. The van der Waals surface area contributed by atoms with Crippen molar-refractivity contribution in [2.24, 2.45) is 0 Å². The molecule has 1 heterocycles. The first-order chi connectivity index (χ1) is 11.7. The van der Waals surface area contributed by atoms with Gasteiger partial charge in [-0.25, -0.2) is 0 Å². The number of carbonyl (C=O) groups is 2. The summed E-state index contributed by atoms with van der Waals surface area (Å²) in [5.41, 5.74) is 3.13. The van der Waals surface area contributed by atoms with E-state index in [-0.39, 0.29) is 11.6 Å². The molecule has 116 valence electrons. The van der Waals surface area contributed by atoms with Gasteiger partial charge in [0.2, 0.25) is 0 Å². The highest BCUT2D eigenvalue weighted by Crippen LogP contribution is 2.26. The van der Waals surface area contributed by atoms with Crippen LogP contribution in [0.1, 0.15) is 37.4 Å². The third kappa shape index (κ3) is 2.92. The molecule has 24 heavy (non-hydrogen) atoms. The highest BCUT2D eigenvalue weighted by atomic mass is 16.1. The van der Waals surface area contributed by atoms with Gasteiger partial charge < -0.3 is 0 Å². The molecule has 0 fully saturated rings. The molecule has 0 radical (unpaired) electrons. The molecule has 0 saturated carbocycles. The number of pyridine rings is 1. The van der Waals surface area contributed by atoms with E-state index in [1.165, 1.54) is 0 Å². The van der Waals surface area contributed by atoms with Crippen LogP contribution in [-0.2, 0) is 0 Å². The lowest BCUT2D eigenvalue weighted by molar-refractivity contribution is 0.0979. The Labute approximate surface area is 140 Å². The van der Waals surface area contributed by atoms with Gasteiger partial charge in [0.15, 0.2) is 11.6 Å². The topological polar surface area (TPSA) is 47.0 Å². The van der Waals surface area contributed by atoms with Gasteiger partial charge in [0.25, 0.3) is 0 Å². The number of hydrogen-bond donors (Lipinski definition) is 0. The predicted octanol–water partition coefficient (Wildman–Crippen LogP) is 4.19. The summed E-state index contributed by atoms with van der Waals surface area (Å²) < 4.78 is 0. The van der Waals surface area contributed by atoms with Crippen molar-refractivity contribution in [3.05, 3.63) is 107 Å². The summed E-state index contributed by atoms with van der Waals surface area (Å²) in [6.07, 6.45) is 5.29. The van der Waals surface area contributed by atoms with E-state index in [2.05, 4.69) is 11.6 Å². The van der Waals surface area contributed by atoms with Crippen molar-refractivity contribution in [1.82, 2.24) is 4.98 Å². The first-order valence-corrected chi connectivity index (χ1v) is 7.52. The number of hydrogen-bond acceptors (Lipinski definition) is 3. The van der Waals surface area contributed by atoms with Gasteiger partial charge in [0.05, 0.1) is 0 Å². The Bertz CT molecular complexity index is 808. The summed E-state index contributed by atoms with van der Waals surface area (Å²) in [6, 6.07) is 17.7. The van der Waals surface area contributed by atoms with Crippen LogP contribution in [0.25, 0.3) is 6.08 Å². The fourth-order valence-electron chi connectivity index (χ4n) is 2.55. The standard InChI is InChI=1S/C14H8O2.C7H7N/c15-13-9-5-1-2-6-10(9)14(16)12-8-4-3-7-11(12)13;1-2-7-3-5-8-6-4-7/h1-8H;2-6H,1H2. The van der Waals surface area contributed by atoms with Gasteiger partial charge in [-0.05, 0) is 17.7 Å². The van der Waals surface area contributed by atoms with Gasteiger partial charge in [-0.1, -0.05) is 61.2 Å². The normalized spacial score (nSPS) is 11.7. The molecule has 0 unspecified atom stereocenters. The van der Waals surface area contributed by atoms with E-state index in [4.69, 9.17) is 0 Å². The van der Waals surface area contributed by atoms with Crippen LogP contribution in [0.2, 0.25) is 0 Å². The third-order valence-corrected chi connectivity index (χ3v) is 3.77. The average molecular weight is 313 g/mol. The van der Waals surface area contributed by atoms with Gasteiger partial charge in [0, 0.05) is 34.6 Å². The van der Waals surface area contributed by atoms with Crippen LogP contribution in [0, 0.1) is 0 Å². The second kappa shape index (κ2) is 6.84. The maximum atomic E-state index is 12.1. The molecule has 0 amide bonds. The van der Waals surface area contributed by atoms with Crippen LogP contribution in [0.3, 0.4) is 0 Å². The molecule has 0 spiro atoms. The Hall–Kier alpha value is -3.33. The summed E-state index contributed by atoms with van der Waals surface area (Å²) in [6.45, 7) is 3.60. The number of fused-ring (bicyclic) bond motifs is 2. The molecule has 1 aromatic heterocycles. The zero-order valence-electron chi connectivity index (χ0n) is 13.0. The molecule has 0 saturated heterocycles. The highest BCUT2D eigenvalue weighted by molar-refractivity contribution is 6.28. The summed E-state index contributed by atoms with van der Waals surface area (Å²) in [5.74, 6) is -0.128. The Morgan fingerprint density at radius 2 is 1.04 bits per heavy atom. The molecule has 0 N–H and O–H groups in total. The number of aromatic nitrogens is 1. The van der Waals surface area contributed by atoms with Crippen LogP contribution < -0.4 is 0 Å². The largest absolute Gasteiger partial charge is 0.289 e. The summed E-state index contributed by atoms with van der Waals surface area (Å²) >= 11 is 0. The number of rotatable bonds is 1. The van der Waals surface area contributed by atoms with Gasteiger partial charge >= 0.3 is 0 Å². The lowest BCUT2D eigenvalue weighted by atomic mass is 9.84. The smallest absolute Gasteiger partial charge is 0.194 e. The number of ketones is 2. The molecule has 0 aliphatic heterocycles. The van der Waals surface area contributed by atoms with Crippen molar-refractivity contribution in [1.29, 1.82) is 0 Å². The number of benzene rings is 2. The van der Waals surface area contributed by atoms with Crippen LogP contribution >= 0.6 is 0 Å². The molecule has 4 rings (SSSR count). The lowest BCUT2D eigenvalue weighted by Crippen LogP contribution is -2.20. The fourth-order valence-corrected chi connectivity index (χ4v) is 2.55. The average Bonchev–Trinajstić information content (AvgIpc) is 2.67. The Kier molecular flexibility index (Phi) is 4.43. The zero-order valence-corrected chi connectivity index (χ0v) is 13.0. The van der Waals surface area contributed by atoms with E-state index in [9.17, 15) is 9.59 Å². The van der Waals surface area contributed by atoms with Crippen molar-refractivity contribution in [2.45, 2.75) is 0 Å². The Morgan fingerprint density at radius 1 is 0.667 bits per heavy atom. The zero-order chi connectivity index (χ0) is 16.9. The highest BCUT2D eigenvalue weighted by Gasteiger charge is 2.28. The number of carbonyl (C=O) groups excluding carboxylic acids is 2. The van der Waals surface area contributed by atoms with Gasteiger partial charge in [-0.3, -0.25) is 14.6 Å². The second-order valence-corrected chi connectivity index (χ2v) is 5.23. The minimum atomic E-state index is -0.0641. The molecule has 3 aromatic rings. The monoisotopic (exact) mass is 313 g/mol.